The smallest absolute Gasteiger partial charge is 0.246 e. The van der Waals surface area contributed by atoms with Gasteiger partial charge in [-0.2, -0.15) is 0 Å². The summed E-state index contributed by atoms with van der Waals surface area (Å²) in [5, 5.41) is 3.49. The minimum Gasteiger partial charge on any atom is -0.464 e. The first-order valence-electron chi connectivity index (χ1n) is 11.2. The molecule has 0 bridgehead atoms. The Morgan fingerprint density at radius 2 is 2.25 bits per heavy atom. The second kappa shape index (κ2) is 9.57. The van der Waals surface area contributed by atoms with Crippen LogP contribution in [-0.2, 0) is 17.9 Å². The number of fused-ring (bicyclic) bond motifs is 2. The molecule has 2 aromatic heterocycles. The van der Waals surface area contributed by atoms with Crippen LogP contribution in [-0.4, -0.2) is 46.9 Å². The summed E-state index contributed by atoms with van der Waals surface area (Å²) < 4.78 is 5.91. The standard InChI is InChI=1S/C26H32N4O2/c1-5-6-9-23-18(2)24(32-19(23)3)17-29(4)25(31)11-10-20-13-21-16-30-12-7-8-22(30)15-28-26(21)27-14-20/h5-6,9-11,13-14,22H,1,7-8,12,15-17H2,2-4H3,(H,27,28)/b9-6-,11-10+. The van der Waals surface area contributed by atoms with Crippen LogP contribution in [0, 0.1) is 13.8 Å². The third-order valence-electron chi connectivity index (χ3n) is 6.42. The Bertz CT molecular complexity index is 1070. The van der Waals surface area contributed by atoms with Gasteiger partial charge in [0.2, 0.25) is 5.91 Å². The van der Waals surface area contributed by atoms with E-state index in [1.54, 1.807) is 24.1 Å². The van der Waals surface area contributed by atoms with Crippen molar-refractivity contribution in [2.45, 2.75) is 45.8 Å². The van der Waals surface area contributed by atoms with Crippen molar-refractivity contribution < 1.29 is 9.21 Å². The molecule has 1 atom stereocenters. The fourth-order valence-corrected chi connectivity index (χ4v) is 4.54. The summed E-state index contributed by atoms with van der Waals surface area (Å²) in [6.45, 7) is 11.1. The molecule has 0 radical (unpaired) electrons. The highest BCUT2D eigenvalue weighted by Gasteiger charge is 2.28. The number of nitrogens with zero attached hydrogens (tertiary/aromatic N) is 3. The number of aryl methyl sites for hydroxylation is 1. The van der Waals surface area contributed by atoms with Crippen LogP contribution in [0.3, 0.4) is 0 Å². The number of aromatic nitrogens is 1. The second-order valence-electron chi connectivity index (χ2n) is 8.67. The molecule has 0 aromatic carbocycles. The van der Waals surface area contributed by atoms with E-state index in [0.29, 0.717) is 12.6 Å². The Balaban J connectivity index is 1.42. The first kappa shape index (κ1) is 22.1. The Labute approximate surface area is 190 Å². The van der Waals surface area contributed by atoms with Crippen molar-refractivity contribution in [1.29, 1.82) is 0 Å². The van der Waals surface area contributed by atoms with Crippen LogP contribution in [0.4, 0.5) is 5.82 Å². The van der Waals surface area contributed by atoms with Crippen LogP contribution in [0.15, 0.2) is 41.5 Å². The van der Waals surface area contributed by atoms with E-state index in [1.165, 1.54) is 18.4 Å². The quantitative estimate of drug-likeness (QED) is 0.536. The van der Waals surface area contributed by atoms with E-state index in [0.717, 1.165) is 53.7 Å². The van der Waals surface area contributed by atoms with Crippen molar-refractivity contribution >= 4 is 23.9 Å². The minimum atomic E-state index is -0.0747. The molecule has 168 valence electrons. The summed E-state index contributed by atoms with van der Waals surface area (Å²) >= 11 is 0. The number of hydrogen-bond acceptors (Lipinski definition) is 5. The van der Waals surface area contributed by atoms with Crippen molar-refractivity contribution in [3.63, 3.8) is 0 Å². The predicted molar refractivity (Wildman–Crippen MR) is 129 cm³/mol. The van der Waals surface area contributed by atoms with Gasteiger partial charge in [0, 0.05) is 49.6 Å². The molecule has 6 heteroatoms. The van der Waals surface area contributed by atoms with Crippen LogP contribution >= 0.6 is 0 Å². The van der Waals surface area contributed by atoms with Crippen molar-refractivity contribution in [3.05, 3.63) is 70.8 Å². The first-order valence-corrected chi connectivity index (χ1v) is 11.2. The van der Waals surface area contributed by atoms with Crippen molar-refractivity contribution in [3.8, 4) is 0 Å². The zero-order valence-electron chi connectivity index (χ0n) is 19.2. The van der Waals surface area contributed by atoms with Gasteiger partial charge in [0.1, 0.15) is 17.3 Å². The third-order valence-corrected chi connectivity index (χ3v) is 6.42. The highest BCUT2D eigenvalue weighted by atomic mass is 16.3. The maximum absolute atomic E-state index is 12.7. The Morgan fingerprint density at radius 1 is 1.41 bits per heavy atom. The second-order valence-corrected chi connectivity index (χ2v) is 8.67. The van der Waals surface area contributed by atoms with E-state index in [9.17, 15) is 4.79 Å². The number of allylic oxidation sites excluding steroid dienone is 2. The lowest BCUT2D eigenvalue weighted by Gasteiger charge is -2.20. The molecule has 4 heterocycles. The van der Waals surface area contributed by atoms with Gasteiger partial charge in [-0.3, -0.25) is 9.69 Å². The number of carbonyl (C=O) groups excluding carboxylic acids is 1. The summed E-state index contributed by atoms with van der Waals surface area (Å²) in [7, 11) is 1.79. The van der Waals surface area contributed by atoms with Gasteiger partial charge in [-0.15, -0.1) is 0 Å². The zero-order valence-corrected chi connectivity index (χ0v) is 19.2. The molecule has 1 fully saturated rings. The van der Waals surface area contributed by atoms with Crippen LogP contribution in [0.5, 0.6) is 0 Å². The van der Waals surface area contributed by atoms with Crippen molar-refractivity contribution in [2.24, 2.45) is 0 Å². The molecule has 1 N–H and O–H groups in total. The van der Waals surface area contributed by atoms with Gasteiger partial charge in [-0.05, 0) is 56.5 Å². The summed E-state index contributed by atoms with van der Waals surface area (Å²) in [6.07, 6.45) is 13.4. The van der Waals surface area contributed by atoms with E-state index in [1.807, 2.05) is 38.3 Å². The third kappa shape index (κ3) is 4.70. The molecule has 0 aliphatic carbocycles. The lowest BCUT2D eigenvalue weighted by molar-refractivity contribution is -0.125. The summed E-state index contributed by atoms with van der Waals surface area (Å²) in [4.78, 5) is 21.5. The van der Waals surface area contributed by atoms with Crippen molar-refractivity contribution in [2.75, 3.05) is 25.5 Å². The molecule has 6 nitrogen and oxygen atoms in total. The molecule has 0 spiro atoms. The molecule has 2 aliphatic heterocycles. The summed E-state index contributed by atoms with van der Waals surface area (Å²) in [5.74, 6) is 2.53. The average molecular weight is 433 g/mol. The van der Waals surface area contributed by atoms with Crippen LogP contribution in [0.2, 0.25) is 0 Å². The molecule has 1 unspecified atom stereocenters. The van der Waals surface area contributed by atoms with Gasteiger partial charge in [0.25, 0.3) is 0 Å². The monoisotopic (exact) mass is 432 g/mol. The molecule has 0 saturated carbocycles. The number of pyridine rings is 1. The first-order chi connectivity index (χ1) is 15.5. The summed E-state index contributed by atoms with van der Waals surface area (Å²) in [6, 6.07) is 2.73. The number of hydrogen-bond donors (Lipinski definition) is 1. The fraction of sp³-hybridized carbons (Fsp3) is 0.385. The number of amides is 1. The van der Waals surface area contributed by atoms with Crippen LogP contribution < -0.4 is 5.32 Å². The topological polar surface area (TPSA) is 61.6 Å². The van der Waals surface area contributed by atoms with E-state index in [-0.39, 0.29) is 5.91 Å². The molecular formula is C26H32N4O2. The molecule has 2 aromatic rings. The molecule has 4 rings (SSSR count). The van der Waals surface area contributed by atoms with Crippen LogP contribution in [0.25, 0.3) is 12.2 Å². The van der Waals surface area contributed by atoms with E-state index < -0.39 is 0 Å². The number of anilines is 1. The molecule has 2 aliphatic rings. The maximum Gasteiger partial charge on any atom is 0.246 e. The van der Waals surface area contributed by atoms with Crippen LogP contribution in [0.1, 0.15) is 46.6 Å². The predicted octanol–water partition coefficient (Wildman–Crippen LogP) is 4.55. The lowest BCUT2D eigenvalue weighted by Crippen LogP contribution is -2.31. The van der Waals surface area contributed by atoms with Gasteiger partial charge in [-0.1, -0.05) is 24.8 Å². The molecular weight excluding hydrogens is 400 g/mol. The number of likely N-dealkylation sites (N-methyl/N-ethyl adjacent to an activating group) is 1. The highest BCUT2D eigenvalue weighted by Crippen LogP contribution is 2.27. The summed E-state index contributed by atoms with van der Waals surface area (Å²) in [5.41, 5.74) is 4.22. The van der Waals surface area contributed by atoms with Gasteiger partial charge >= 0.3 is 0 Å². The van der Waals surface area contributed by atoms with E-state index in [4.69, 9.17) is 4.42 Å². The van der Waals surface area contributed by atoms with E-state index in [2.05, 4.69) is 27.8 Å². The maximum atomic E-state index is 12.7. The number of carbonyl (C=O) groups is 1. The molecule has 1 amide bonds. The molecule has 32 heavy (non-hydrogen) atoms. The largest absolute Gasteiger partial charge is 0.464 e. The highest BCUT2D eigenvalue weighted by molar-refractivity contribution is 5.91. The normalized spacial score (nSPS) is 18.4. The number of rotatable bonds is 6. The number of furan rings is 1. The SMILES string of the molecule is C=C/C=C\c1c(C)oc(CN(C)C(=O)/C=C/c2cnc3c(c2)CN2CCCC2CN3)c1C. The van der Waals surface area contributed by atoms with Gasteiger partial charge < -0.3 is 14.6 Å². The Hall–Kier alpha value is -3.12. The average Bonchev–Trinajstić information content (AvgIpc) is 3.27. The van der Waals surface area contributed by atoms with Gasteiger partial charge in [0.15, 0.2) is 0 Å². The lowest BCUT2D eigenvalue weighted by atomic mass is 10.1. The minimum absolute atomic E-state index is 0.0747. The Kier molecular flexibility index (Phi) is 6.61. The fourth-order valence-electron chi connectivity index (χ4n) is 4.54. The Morgan fingerprint density at radius 3 is 3.06 bits per heavy atom. The van der Waals surface area contributed by atoms with Gasteiger partial charge in [0.05, 0.1) is 6.54 Å². The van der Waals surface area contributed by atoms with Crippen molar-refractivity contribution in [1.82, 2.24) is 14.8 Å². The zero-order chi connectivity index (χ0) is 22.7. The number of nitrogens with one attached hydrogen (secondary N) is 1. The molecule has 1 saturated heterocycles. The van der Waals surface area contributed by atoms with E-state index >= 15 is 0 Å². The van der Waals surface area contributed by atoms with Gasteiger partial charge in [-0.25, -0.2) is 4.98 Å².